The summed E-state index contributed by atoms with van der Waals surface area (Å²) in [5, 5.41) is 7.15. The molecule has 1 amide bonds. The monoisotopic (exact) mass is 366 g/mol. The van der Waals surface area contributed by atoms with E-state index < -0.39 is 11.7 Å². The summed E-state index contributed by atoms with van der Waals surface area (Å²) in [5.41, 5.74) is 1.50. The third kappa shape index (κ3) is 4.24. The zero-order valence-electron chi connectivity index (χ0n) is 14.7. The maximum Gasteiger partial charge on any atom is 0.416 e. The summed E-state index contributed by atoms with van der Waals surface area (Å²) in [6, 6.07) is 7.05. The number of fused-ring (bicyclic) bond motifs is 1. The fourth-order valence-corrected chi connectivity index (χ4v) is 2.96. The van der Waals surface area contributed by atoms with Gasteiger partial charge in [-0.15, -0.1) is 0 Å². The Balaban J connectivity index is 1.65. The van der Waals surface area contributed by atoms with Crippen LogP contribution < -0.4 is 5.32 Å². The highest BCUT2D eigenvalue weighted by Gasteiger charge is 2.30. The SMILES string of the molecule is CC(C)NC(=O)c1cc2n(n1)CCN(Cc1ccc(C(F)(F)F)cc1)C2. The molecule has 0 spiro atoms. The summed E-state index contributed by atoms with van der Waals surface area (Å²) in [6.45, 7) is 6.30. The fourth-order valence-electron chi connectivity index (χ4n) is 2.96. The largest absolute Gasteiger partial charge is 0.416 e. The zero-order chi connectivity index (χ0) is 18.9. The van der Waals surface area contributed by atoms with Crippen molar-refractivity contribution in [2.45, 2.75) is 45.7 Å². The molecule has 0 fully saturated rings. The first-order valence-electron chi connectivity index (χ1n) is 8.48. The maximum absolute atomic E-state index is 12.6. The van der Waals surface area contributed by atoms with Gasteiger partial charge in [-0.3, -0.25) is 14.4 Å². The average molecular weight is 366 g/mol. The van der Waals surface area contributed by atoms with Crippen LogP contribution >= 0.6 is 0 Å². The molecule has 0 unspecified atom stereocenters. The fraction of sp³-hybridized carbons (Fsp3) is 0.444. The van der Waals surface area contributed by atoms with Crippen LogP contribution in [0.3, 0.4) is 0 Å². The molecular formula is C18H21F3N4O. The van der Waals surface area contributed by atoms with Gasteiger partial charge >= 0.3 is 6.18 Å². The van der Waals surface area contributed by atoms with Crippen LogP contribution in [0.5, 0.6) is 0 Å². The van der Waals surface area contributed by atoms with E-state index >= 15 is 0 Å². The first-order valence-corrected chi connectivity index (χ1v) is 8.48. The molecule has 2 aromatic rings. The van der Waals surface area contributed by atoms with E-state index in [2.05, 4.69) is 15.3 Å². The Labute approximate surface area is 149 Å². The number of halogens is 3. The number of hydrogen-bond donors (Lipinski definition) is 1. The highest BCUT2D eigenvalue weighted by molar-refractivity contribution is 5.92. The highest BCUT2D eigenvalue weighted by atomic mass is 19.4. The number of nitrogens with one attached hydrogen (secondary N) is 1. The van der Waals surface area contributed by atoms with Gasteiger partial charge in [0.05, 0.1) is 17.8 Å². The number of benzene rings is 1. The molecule has 0 saturated heterocycles. The Hall–Kier alpha value is -2.35. The second-order valence-corrected chi connectivity index (χ2v) is 6.78. The Kier molecular flexibility index (Phi) is 5.04. The highest BCUT2D eigenvalue weighted by Crippen LogP contribution is 2.29. The van der Waals surface area contributed by atoms with Crippen molar-refractivity contribution in [3.63, 3.8) is 0 Å². The number of aromatic nitrogens is 2. The number of carbonyl (C=O) groups excluding carboxylic acids is 1. The van der Waals surface area contributed by atoms with E-state index in [9.17, 15) is 18.0 Å². The molecule has 2 heterocycles. The van der Waals surface area contributed by atoms with E-state index in [1.807, 2.05) is 18.5 Å². The molecule has 1 aliphatic heterocycles. The molecular weight excluding hydrogens is 345 g/mol. The van der Waals surface area contributed by atoms with Gasteiger partial charge in [-0.1, -0.05) is 12.1 Å². The standard InChI is InChI=1S/C18H21F3N4O/c1-12(2)22-17(26)16-9-15-11-24(7-8-25(15)23-16)10-13-3-5-14(6-4-13)18(19,20)21/h3-6,9,12H,7-8,10-11H2,1-2H3,(H,22,26). The summed E-state index contributed by atoms with van der Waals surface area (Å²) < 4.78 is 39.7. The maximum atomic E-state index is 12.6. The summed E-state index contributed by atoms with van der Waals surface area (Å²) in [4.78, 5) is 14.2. The molecule has 140 valence electrons. The molecule has 0 aliphatic carbocycles. The van der Waals surface area contributed by atoms with Gasteiger partial charge in [0.2, 0.25) is 0 Å². The van der Waals surface area contributed by atoms with Gasteiger partial charge < -0.3 is 5.32 Å². The number of rotatable bonds is 4. The lowest BCUT2D eigenvalue weighted by molar-refractivity contribution is -0.137. The van der Waals surface area contributed by atoms with Crippen LogP contribution in [0.25, 0.3) is 0 Å². The molecule has 3 rings (SSSR count). The second-order valence-electron chi connectivity index (χ2n) is 6.78. The molecule has 0 saturated carbocycles. The van der Waals surface area contributed by atoms with Crippen LogP contribution in [0.1, 0.15) is 41.2 Å². The third-order valence-corrected chi connectivity index (χ3v) is 4.22. The smallest absolute Gasteiger partial charge is 0.348 e. The van der Waals surface area contributed by atoms with E-state index in [4.69, 9.17) is 0 Å². The number of amides is 1. The molecule has 8 heteroatoms. The minimum Gasteiger partial charge on any atom is -0.348 e. The van der Waals surface area contributed by atoms with Crippen LogP contribution in [-0.2, 0) is 25.8 Å². The Morgan fingerprint density at radius 2 is 1.92 bits per heavy atom. The Bertz CT molecular complexity index is 781. The first kappa shape index (κ1) is 18.4. The van der Waals surface area contributed by atoms with Gasteiger partial charge in [-0.25, -0.2) is 0 Å². The van der Waals surface area contributed by atoms with E-state index in [-0.39, 0.29) is 11.9 Å². The van der Waals surface area contributed by atoms with Crippen molar-refractivity contribution >= 4 is 5.91 Å². The Morgan fingerprint density at radius 1 is 1.23 bits per heavy atom. The summed E-state index contributed by atoms with van der Waals surface area (Å²) in [7, 11) is 0. The zero-order valence-corrected chi connectivity index (χ0v) is 14.7. The van der Waals surface area contributed by atoms with Crippen molar-refractivity contribution in [3.05, 3.63) is 52.8 Å². The molecule has 1 aliphatic rings. The van der Waals surface area contributed by atoms with Gasteiger partial charge in [-0.05, 0) is 37.6 Å². The quantitative estimate of drug-likeness (QED) is 0.905. The number of carbonyl (C=O) groups is 1. The molecule has 26 heavy (non-hydrogen) atoms. The lowest BCUT2D eigenvalue weighted by Crippen LogP contribution is -2.33. The van der Waals surface area contributed by atoms with Crippen LogP contribution in [0.2, 0.25) is 0 Å². The minimum atomic E-state index is -4.32. The van der Waals surface area contributed by atoms with Crippen molar-refractivity contribution in [2.24, 2.45) is 0 Å². The second kappa shape index (κ2) is 7.11. The molecule has 0 radical (unpaired) electrons. The molecule has 1 aromatic heterocycles. The van der Waals surface area contributed by atoms with Gasteiger partial charge in [0, 0.05) is 25.7 Å². The molecule has 0 bridgehead atoms. The van der Waals surface area contributed by atoms with Crippen molar-refractivity contribution in [1.82, 2.24) is 20.0 Å². The van der Waals surface area contributed by atoms with Crippen molar-refractivity contribution in [2.75, 3.05) is 6.54 Å². The van der Waals surface area contributed by atoms with Crippen molar-refractivity contribution in [3.8, 4) is 0 Å². The van der Waals surface area contributed by atoms with Gasteiger partial charge in [0.1, 0.15) is 0 Å². The Morgan fingerprint density at radius 3 is 2.54 bits per heavy atom. The first-order chi connectivity index (χ1) is 12.2. The normalized spacial score (nSPS) is 15.2. The molecule has 1 aromatic carbocycles. The molecule has 1 N–H and O–H groups in total. The molecule has 0 atom stereocenters. The predicted octanol–water partition coefficient (Wildman–Crippen LogP) is 3.06. The van der Waals surface area contributed by atoms with E-state index in [0.717, 1.165) is 29.9 Å². The topological polar surface area (TPSA) is 50.2 Å². The summed E-state index contributed by atoms with van der Waals surface area (Å²) in [6.07, 6.45) is -4.32. The van der Waals surface area contributed by atoms with Crippen LogP contribution in [-0.4, -0.2) is 33.2 Å². The van der Waals surface area contributed by atoms with Crippen LogP contribution in [0.15, 0.2) is 30.3 Å². The minimum absolute atomic E-state index is 0.0393. The summed E-state index contributed by atoms with van der Waals surface area (Å²) >= 11 is 0. The lowest BCUT2D eigenvalue weighted by atomic mass is 10.1. The van der Waals surface area contributed by atoms with Gasteiger partial charge in [0.15, 0.2) is 5.69 Å². The van der Waals surface area contributed by atoms with E-state index in [0.29, 0.717) is 25.3 Å². The number of hydrogen-bond acceptors (Lipinski definition) is 3. The van der Waals surface area contributed by atoms with Crippen molar-refractivity contribution in [1.29, 1.82) is 0 Å². The third-order valence-electron chi connectivity index (χ3n) is 4.22. The van der Waals surface area contributed by atoms with Gasteiger partial charge in [-0.2, -0.15) is 18.3 Å². The van der Waals surface area contributed by atoms with Crippen LogP contribution in [0, 0.1) is 0 Å². The number of nitrogens with zero attached hydrogens (tertiary/aromatic N) is 3. The number of alkyl halides is 3. The van der Waals surface area contributed by atoms with Crippen molar-refractivity contribution < 1.29 is 18.0 Å². The lowest BCUT2D eigenvalue weighted by Gasteiger charge is -2.27. The van der Waals surface area contributed by atoms with E-state index in [1.54, 1.807) is 6.07 Å². The average Bonchev–Trinajstić information content (AvgIpc) is 2.97. The van der Waals surface area contributed by atoms with E-state index in [1.165, 1.54) is 12.1 Å². The van der Waals surface area contributed by atoms with Crippen LogP contribution in [0.4, 0.5) is 13.2 Å². The summed E-state index contributed by atoms with van der Waals surface area (Å²) in [5.74, 6) is -0.198. The van der Waals surface area contributed by atoms with Gasteiger partial charge in [0.25, 0.3) is 5.91 Å². The molecule has 5 nitrogen and oxygen atoms in total. The predicted molar refractivity (Wildman–Crippen MR) is 90.4 cm³/mol.